The monoisotopic (exact) mass is 566 g/mol. The van der Waals surface area contributed by atoms with E-state index in [9.17, 15) is 14.4 Å². The van der Waals surface area contributed by atoms with Crippen molar-refractivity contribution in [2.45, 2.75) is 26.2 Å². The van der Waals surface area contributed by atoms with Gasteiger partial charge >= 0.3 is 0 Å². The molecule has 0 fully saturated rings. The number of benzene rings is 2. The zero-order valence-corrected chi connectivity index (χ0v) is 21.1. The van der Waals surface area contributed by atoms with Gasteiger partial charge in [0, 0.05) is 25.8 Å². The van der Waals surface area contributed by atoms with Crippen molar-refractivity contribution in [2.24, 2.45) is 0 Å². The maximum absolute atomic E-state index is 12.8. The van der Waals surface area contributed by atoms with Gasteiger partial charge in [0.05, 0.1) is 12.0 Å². The first-order valence-electron chi connectivity index (χ1n) is 10.6. The minimum absolute atomic E-state index is 0.0964. The summed E-state index contributed by atoms with van der Waals surface area (Å²) in [6.45, 7) is 6.08. The van der Waals surface area contributed by atoms with E-state index in [1.807, 2.05) is 32.9 Å². The predicted molar refractivity (Wildman–Crippen MR) is 140 cm³/mol. The van der Waals surface area contributed by atoms with Gasteiger partial charge in [-0.25, -0.2) is 4.98 Å². The maximum Gasteiger partial charge on any atom is 0.272 e. The minimum Gasteiger partial charge on any atom is -0.348 e. The second kappa shape index (κ2) is 9.38. The van der Waals surface area contributed by atoms with Gasteiger partial charge in [0.1, 0.15) is 10.7 Å². The van der Waals surface area contributed by atoms with Crippen LogP contribution in [-0.4, -0.2) is 25.7 Å². The van der Waals surface area contributed by atoms with Crippen LogP contribution in [0.2, 0.25) is 0 Å². The number of H-pyrrole nitrogens is 3. The number of rotatable bonds is 4. The minimum atomic E-state index is -0.451. The van der Waals surface area contributed by atoms with Gasteiger partial charge in [0.25, 0.3) is 11.1 Å². The number of nitrogens with one attached hydrogen (secondary N) is 3. The summed E-state index contributed by atoms with van der Waals surface area (Å²) >= 11 is 2.19. The number of imidazole rings is 1. The third-order valence-electron chi connectivity index (χ3n) is 5.25. The van der Waals surface area contributed by atoms with Crippen LogP contribution in [-0.2, 0) is 5.41 Å². The van der Waals surface area contributed by atoms with Crippen molar-refractivity contribution in [3.63, 3.8) is 0 Å². The second-order valence-electron chi connectivity index (χ2n) is 8.90. The van der Waals surface area contributed by atoms with Crippen LogP contribution in [0.15, 0.2) is 64.4 Å². The number of carbonyl (C=O) groups is 1. The molecule has 0 bridgehead atoms. The Balaban J connectivity index is 1.72. The molecule has 34 heavy (non-hydrogen) atoms. The third kappa shape index (κ3) is 5.17. The third-order valence-corrected chi connectivity index (χ3v) is 5.97. The van der Waals surface area contributed by atoms with Crippen LogP contribution in [0.4, 0.5) is 0 Å². The lowest BCUT2D eigenvalue weighted by atomic mass is 9.90. The molecule has 0 aliphatic rings. The summed E-state index contributed by atoms with van der Waals surface area (Å²) in [5.74, 6) is -0.118. The molecule has 4 aromatic rings. The van der Waals surface area contributed by atoms with E-state index in [1.165, 1.54) is 0 Å². The SMILES string of the molecule is CC(C)(C)c1[nH]cnc1/C=c1\[nH]c(=O)/c(=C/c2cccc(C(=O)c3ccc(I)cc3)c2)[nH]c1=O. The van der Waals surface area contributed by atoms with Crippen LogP contribution < -0.4 is 21.8 Å². The molecule has 0 saturated heterocycles. The van der Waals surface area contributed by atoms with Crippen LogP contribution in [0.3, 0.4) is 0 Å². The molecule has 8 heteroatoms. The lowest BCUT2D eigenvalue weighted by molar-refractivity contribution is 0.103. The van der Waals surface area contributed by atoms with Crippen molar-refractivity contribution in [1.82, 2.24) is 19.9 Å². The summed E-state index contributed by atoms with van der Waals surface area (Å²) in [6, 6.07) is 14.2. The van der Waals surface area contributed by atoms with Crippen molar-refractivity contribution in [3.8, 4) is 0 Å². The average Bonchev–Trinajstić information content (AvgIpc) is 3.26. The Morgan fingerprint density at radius 3 is 2.21 bits per heavy atom. The number of nitrogens with zero attached hydrogens (tertiary/aromatic N) is 1. The lowest BCUT2D eigenvalue weighted by Crippen LogP contribution is -2.46. The van der Waals surface area contributed by atoms with Gasteiger partial charge in [-0.3, -0.25) is 14.4 Å². The Hall–Kier alpha value is -3.53. The summed E-state index contributed by atoms with van der Waals surface area (Å²) in [4.78, 5) is 50.9. The first kappa shape index (κ1) is 23.6. The number of carbonyl (C=O) groups excluding carboxylic acids is 1. The molecule has 3 N–H and O–H groups in total. The normalized spacial score (nSPS) is 12.8. The van der Waals surface area contributed by atoms with Crippen molar-refractivity contribution in [3.05, 3.63) is 118 Å². The van der Waals surface area contributed by atoms with Crippen molar-refractivity contribution in [1.29, 1.82) is 0 Å². The first-order valence-corrected chi connectivity index (χ1v) is 11.7. The molecule has 0 atom stereocenters. The molecule has 0 saturated carbocycles. The van der Waals surface area contributed by atoms with Crippen LogP contribution in [0.5, 0.6) is 0 Å². The Kier molecular flexibility index (Phi) is 6.52. The fourth-order valence-electron chi connectivity index (χ4n) is 3.55. The van der Waals surface area contributed by atoms with E-state index in [0.717, 1.165) is 9.26 Å². The molecule has 0 spiro atoms. The van der Waals surface area contributed by atoms with Crippen LogP contribution >= 0.6 is 22.6 Å². The summed E-state index contributed by atoms with van der Waals surface area (Å²) < 4.78 is 1.04. The Labute approximate surface area is 208 Å². The van der Waals surface area contributed by atoms with E-state index in [2.05, 4.69) is 42.5 Å². The van der Waals surface area contributed by atoms with Gasteiger partial charge in [-0.05, 0) is 70.6 Å². The molecule has 7 nitrogen and oxygen atoms in total. The number of aromatic amines is 3. The number of aromatic nitrogens is 4. The highest BCUT2D eigenvalue weighted by Gasteiger charge is 2.19. The Bertz CT molecular complexity index is 1600. The first-order chi connectivity index (χ1) is 16.1. The van der Waals surface area contributed by atoms with Crippen LogP contribution in [0.25, 0.3) is 12.2 Å². The zero-order valence-electron chi connectivity index (χ0n) is 18.9. The molecule has 172 valence electrons. The van der Waals surface area contributed by atoms with E-state index in [0.29, 0.717) is 22.4 Å². The number of halogens is 1. The van der Waals surface area contributed by atoms with Crippen molar-refractivity contribution < 1.29 is 4.79 Å². The fraction of sp³-hybridized carbons (Fsp3) is 0.154. The molecule has 4 rings (SSSR count). The topological polar surface area (TPSA) is 111 Å². The average molecular weight is 566 g/mol. The predicted octanol–water partition coefficient (Wildman–Crippen LogP) is 2.58. The van der Waals surface area contributed by atoms with Gasteiger partial charge in [0.2, 0.25) is 0 Å². The van der Waals surface area contributed by atoms with Crippen LogP contribution in [0, 0.1) is 3.57 Å². The summed E-state index contributed by atoms with van der Waals surface area (Å²) in [6.07, 6.45) is 4.66. The van der Waals surface area contributed by atoms with E-state index < -0.39 is 11.1 Å². The standard InChI is InChI=1S/C26H23IN4O3/c1-26(2,3)23-19(28-14-29-23)13-21-25(34)30-20(24(33)31-21)12-15-5-4-6-17(11-15)22(32)16-7-9-18(27)10-8-16/h4-14H,1-3H3,(H,28,29)(H,30,34)(H,31,33)/b20-12-,21-13-. The Morgan fingerprint density at radius 1 is 0.912 bits per heavy atom. The number of hydrogen-bond donors (Lipinski definition) is 3. The van der Waals surface area contributed by atoms with Crippen molar-refractivity contribution in [2.75, 3.05) is 0 Å². The van der Waals surface area contributed by atoms with Gasteiger partial charge in [-0.15, -0.1) is 0 Å². The molecular formula is C26H23IN4O3. The largest absolute Gasteiger partial charge is 0.348 e. The zero-order chi connectivity index (χ0) is 24.5. The molecular weight excluding hydrogens is 543 g/mol. The van der Waals surface area contributed by atoms with Gasteiger partial charge in [-0.2, -0.15) is 0 Å². The van der Waals surface area contributed by atoms with Gasteiger partial charge in [0.15, 0.2) is 5.78 Å². The molecule has 2 aromatic heterocycles. The number of hydrogen-bond acceptors (Lipinski definition) is 4. The molecule has 2 heterocycles. The summed E-state index contributed by atoms with van der Waals surface area (Å²) in [7, 11) is 0. The highest BCUT2D eigenvalue weighted by Crippen LogP contribution is 2.22. The van der Waals surface area contributed by atoms with Gasteiger partial charge < -0.3 is 15.0 Å². The molecule has 0 unspecified atom stereocenters. The summed E-state index contributed by atoms with van der Waals surface area (Å²) in [5, 5.41) is 0.210. The summed E-state index contributed by atoms with van der Waals surface area (Å²) in [5.41, 5.74) is 2.04. The molecule has 0 radical (unpaired) electrons. The quantitative estimate of drug-likeness (QED) is 0.261. The van der Waals surface area contributed by atoms with Gasteiger partial charge in [-0.1, -0.05) is 39.0 Å². The maximum atomic E-state index is 12.8. The molecule has 0 aliphatic heterocycles. The Morgan fingerprint density at radius 2 is 1.56 bits per heavy atom. The van der Waals surface area contributed by atoms with E-state index >= 15 is 0 Å². The second-order valence-corrected chi connectivity index (χ2v) is 10.1. The smallest absolute Gasteiger partial charge is 0.272 e. The van der Waals surface area contributed by atoms with E-state index in [1.54, 1.807) is 54.9 Å². The van der Waals surface area contributed by atoms with Crippen LogP contribution in [0.1, 0.15) is 53.6 Å². The van der Waals surface area contributed by atoms with E-state index in [4.69, 9.17) is 0 Å². The highest BCUT2D eigenvalue weighted by molar-refractivity contribution is 14.1. The molecule has 0 amide bonds. The molecule has 0 aliphatic carbocycles. The molecule has 2 aromatic carbocycles. The lowest BCUT2D eigenvalue weighted by Gasteiger charge is -2.16. The van der Waals surface area contributed by atoms with E-state index in [-0.39, 0.29) is 21.9 Å². The van der Waals surface area contributed by atoms with Crippen molar-refractivity contribution >= 4 is 40.5 Å². The number of ketones is 1. The highest BCUT2D eigenvalue weighted by atomic mass is 127. The fourth-order valence-corrected chi connectivity index (χ4v) is 3.91.